The Bertz CT molecular complexity index is 819. The number of amides is 3. The van der Waals surface area contributed by atoms with Gasteiger partial charge in [-0.3, -0.25) is 14.4 Å². The number of hydrogen-bond acceptors (Lipinski definition) is 4. The number of halogens is 1. The Labute approximate surface area is 163 Å². The van der Waals surface area contributed by atoms with Gasteiger partial charge in [0.15, 0.2) is 0 Å². The Morgan fingerprint density at radius 3 is 2.58 bits per heavy atom. The van der Waals surface area contributed by atoms with Crippen LogP contribution in [0.2, 0.25) is 0 Å². The molecular weight excluding hydrogens is 418 g/mol. The van der Waals surface area contributed by atoms with Crippen LogP contribution < -0.4 is 15.5 Å². The molecular formula is C18H18BrN3O3S. The van der Waals surface area contributed by atoms with Crippen LogP contribution >= 0.6 is 27.3 Å². The maximum atomic E-state index is 12.1. The molecule has 0 aliphatic carbocycles. The molecule has 26 heavy (non-hydrogen) atoms. The van der Waals surface area contributed by atoms with Crippen molar-refractivity contribution in [2.24, 2.45) is 0 Å². The van der Waals surface area contributed by atoms with E-state index in [1.807, 2.05) is 11.4 Å². The summed E-state index contributed by atoms with van der Waals surface area (Å²) in [4.78, 5) is 38.5. The van der Waals surface area contributed by atoms with E-state index in [0.717, 1.165) is 21.5 Å². The minimum absolute atomic E-state index is 0.0856. The van der Waals surface area contributed by atoms with E-state index in [4.69, 9.17) is 0 Å². The fourth-order valence-electron chi connectivity index (χ4n) is 2.67. The van der Waals surface area contributed by atoms with Gasteiger partial charge in [0.1, 0.15) is 0 Å². The predicted octanol–water partition coefficient (Wildman–Crippen LogP) is 2.68. The Hall–Kier alpha value is -2.19. The first-order valence-electron chi connectivity index (χ1n) is 8.21. The molecule has 2 heterocycles. The van der Waals surface area contributed by atoms with Crippen LogP contribution in [-0.4, -0.2) is 30.8 Å². The zero-order chi connectivity index (χ0) is 18.5. The van der Waals surface area contributed by atoms with Crippen LogP contribution in [0.15, 0.2) is 40.2 Å². The topological polar surface area (TPSA) is 78.5 Å². The van der Waals surface area contributed by atoms with Gasteiger partial charge in [-0.2, -0.15) is 0 Å². The highest BCUT2D eigenvalue weighted by atomic mass is 79.9. The summed E-state index contributed by atoms with van der Waals surface area (Å²) in [5.74, 6) is -0.461. The van der Waals surface area contributed by atoms with Gasteiger partial charge in [0.25, 0.3) is 5.91 Å². The average molecular weight is 436 g/mol. The molecule has 1 aliphatic rings. The van der Waals surface area contributed by atoms with Crippen molar-refractivity contribution in [1.82, 2.24) is 10.6 Å². The molecule has 1 aromatic heterocycles. The van der Waals surface area contributed by atoms with Gasteiger partial charge in [0, 0.05) is 38.9 Å². The molecule has 0 unspecified atom stereocenters. The van der Waals surface area contributed by atoms with E-state index in [2.05, 4.69) is 26.6 Å². The van der Waals surface area contributed by atoms with Gasteiger partial charge >= 0.3 is 0 Å². The lowest BCUT2D eigenvalue weighted by Crippen LogP contribution is -2.36. The number of carbonyl (C=O) groups excluding carboxylic acids is 3. The van der Waals surface area contributed by atoms with E-state index in [9.17, 15) is 14.4 Å². The zero-order valence-electron chi connectivity index (χ0n) is 14.0. The maximum Gasteiger partial charge on any atom is 0.251 e. The molecule has 0 atom stereocenters. The fourth-order valence-corrected chi connectivity index (χ4v) is 4.06. The molecule has 6 nitrogen and oxygen atoms in total. The van der Waals surface area contributed by atoms with Gasteiger partial charge in [0.05, 0.1) is 13.1 Å². The summed E-state index contributed by atoms with van der Waals surface area (Å²) in [6, 6.07) is 8.78. The van der Waals surface area contributed by atoms with E-state index < -0.39 is 0 Å². The predicted molar refractivity (Wildman–Crippen MR) is 104 cm³/mol. The summed E-state index contributed by atoms with van der Waals surface area (Å²) in [7, 11) is 0. The Morgan fingerprint density at radius 2 is 1.96 bits per heavy atom. The number of thiophene rings is 1. The zero-order valence-corrected chi connectivity index (χ0v) is 16.4. The van der Waals surface area contributed by atoms with E-state index in [0.29, 0.717) is 25.1 Å². The van der Waals surface area contributed by atoms with E-state index in [1.54, 1.807) is 40.5 Å². The van der Waals surface area contributed by atoms with Crippen molar-refractivity contribution in [2.75, 3.05) is 18.0 Å². The first-order valence-corrected chi connectivity index (χ1v) is 9.88. The Morgan fingerprint density at radius 1 is 1.19 bits per heavy atom. The SMILES string of the molecule is O=C(CNC(=O)c1ccc(N2CCCC2=O)cc1)NCc1cc(Br)cs1. The summed E-state index contributed by atoms with van der Waals surface area (Å²) < 4.78 is 0.985. The van der Waals surface area contributed by atoms with Crippen LogP contribution in [-0.2, 0) is 16.1 Å². The largest absolute Gasteiger partial charge is 0.350 e. The molecule has 0 saturated carbocycles. The molecule has 1 fully saturated rings. The number of nitrogens with one attached hydrogen (secondary N) is 2. The molecule has 3 rings (SSSR count). The average Bonchev–Trinajstić information content (AvgIpc) is 3.26. The third-order valence-electron chi connectivity index (χ3n) is 4.01. The second-order valence-electron chi connectivity index (χ2n) is 5.89. The molecule has 0 radical (unpaired) electrons. The lowest BCUT2D eigenvalue weighted by Gasteiger charge is -2.15. The van der Waals surface area contributed by atoms with Crippen molar-refractivity contribution in [3.8, 4) is 0 Å². The van der Waals surface area contributed by atoms with Crippen molar-refractivity contribution in [1.29, 1.82) is 0 Å². The summed E-state index contributed by atoms with van der Waals surface area (Å²) in [5, 5.41) is 7.31. The van der Waals surface area contributed by atoms with Crippen LogP contribution in [0.25, 0.3) is 0 Å². The van der Waals surface area contributed by atoms with Gasteiger partial charge in [-0.05, 0) is 52.7 Å². The molecule has 0 bridgehead atoms. The number of rotatable bonds is 6. The van der Waals surface area contributed by atoms with Crippen LogP contribution in [0.3, 0.4) is 0 Å². The third-order valence-corrected chi connectivity index (χ3v) is 5.70. The van der Waals surface area contributed by atoms with Crippen molar-refractivity contribution < 1.29 is 14.4 Å². The standard InChI is InChI=1S/C18H18BrN3O3S/c19-13-8-15(26-11-13)9-20-16(23)10-21-18(25)12-3-5-14(6-4-12)22-7-1-2-17(22)24/h3-6,8,11H,1-2,7,9-10H2,(H,20,23)(H,21,25). The molecule has 136 valence electrons. The van der Waals surface area contributed by atoms with Crippen molar-refractivity contribution in [3.63, 3.8) is 0 Å². The number of benzene rings is 1. The van der Waals surface area contributed by atoms with Crippen molar-refractivity contribution in [2.45, 2.75) is 19.4 Å². The number of carbonyl (C=O) groups is 3. The van der Waals surface area contributed by atoms with Gasteiger partial charge in [-0.25, -0.2) is 0 Å². The molecule has 0 spiro atoms. The summed E-state index contributed by atoms with van der Waals surface area (Å²) >= 11 is 4.91. The Balaban J connectivity index is 1.46. The van der Waals surface area contributed by atoms with Crippen molar-refractivity contribution >= 4 is 50.7 Å². The minimum atomic E-state index is -0.321. The van der Waals surface area contributed by atoms with Gasteiger partial charge in [0.2, 0.25) is 11.8 Å². The second kappa shape index (κ2) is 8.46. The van der Waals surface area contributed by atoms with Crippen LogP contribution in [0.5, 0.6) is 0 Å². The second-order valence-corrected chi connectivity index (χ2v) is 7.80. The minimum Gasteiger partial charge on any atom is -0.350 e. The van der Waals surface area contributed by atoms with Crippen molar-refractivity contribution in [3.05, 3.63) is 50.6 Å². The van der Waals surface area contributed by atoms with Gasteiger partial charge in [-0.1, -0.05) is 0 Å². The first-order chi connectivity index (χ1) is 12.5. The molecule has 2 N–H and O–H groups in total. The number of hydrogen-bond donors (Lipinski definition) is 2. The highest BCUT2D eigenvalue weighted by molar-refractivity contribution is 9.10. The Kier molecular flexibility index (Phi) is 6.05. The van der Waals surface area contributed by atoms with Gasteiger partial charge < -0.3 is 15.5 Å². The highest BCUT2D eigenvalue weighted by Crippen LogP contribution is 2.21. The molecule has 8 heteroatoms. The first kappa shape index (κ1) is 18.6. The normalized spacial score (nSPS) is 13.7. The summed E-state index contributed by atoms with van der Waals surface area (Å²) in [5.41, 5.74) is 1.25. The molecule has 3 amide bonds. The lowest BCUT2D eigenvalue weighted by molar-refractivity contribution is -0.120. The quantitative estimate of drug-likeness (QED) is 0.731. The van der Waals surface area contributed by atoms with Crippen LogP contribution in [0.1, 0.15) is 28.1 Å². The smallest absolute Gasteiger partial charge is 0.251 e. The van der Waals surface area contributed by atoms with E-state index >= 15 is 0 Å². The highest BCUT2D eigenvalue weighted by Gasteiger charge is 2.21. The monoisotopic (exact) mass is 435 g/mol. The fraction of sp³-hybridized carbons (Fsp3) is 0.278. The maximum absolute atomic E-state index is 12.1. The lowest BCUT2D eigenvalue weighted by atomic mass is 10.2. The molecule has 1 aromatic carbocycles. The van der Waals surface area contributed by atoms with Gasteiger partial charge in [-0.15, -0.1) is 11.3 Å². The van der Waals surface area contributed by atoms with E-state index in [1.165, 1.54) is 0 Å². The summed E-state index contributed by atoms with van der Waals surface area (Å²) in [6.07, 6.45) is 1.43. The van der Waals surface area contributed by atoms with Crippen LogP contribution in [0, 0.1) is 0 Å². The number of anilines is 1. The third kappa shape index (κ3) is 4.70. The molecule has 1 saturated heterocycles. The molecule has 1 aliphatic heterocycles. The van der Waals surface area contributed by atoms with Crippen LogP contribution in [0.4, 0.5) is 5.69 Å². The molecule has 2 aromatic rings. The summed E-state index contributed by atoms with van der Waals surface area (Å²) in [6.45, 7) is 1.06. The van der Waals surface area contributed by atoms with E-state index in [-0.39, 0.29) is 24.3 Å². The number of nitrogens with zero attached hydrogens (tertiary/aromatic N) is 1.